The maximum absolute atomic E-state index is 12.5. The third kappa shape index (κ3) is 3.44. The zero-order valence-electron chi connectivity index (χ0n) is 13.6. The molecule has 2 aromatic heterocycles. The van der Waals surface area contributed by atoms with Crippen molar-refractivity contribution in [3.05, 3.63) is 75.8 Å². The van der Waals surface area contributed by atoms with Gasteiger partial charge in [-0.05, 0) is 24.3 Å². The lowest BCUT2D eigenvalue weighted by Gasteiger charge is -2.07. The highest BCUT2D eigenvalue weighted by Gasteiger charge is 2.13. The molecule has 0 saturated carbocycles. The van der Waals surface area contributed by atoms with Crippen molar-refractivity contribution in [2.45, 2.75) is 9.79 Å². The molecule has 4 aromatic rings. The van der Waals surface area contributed by atoms with Crippen molar-refractivity contribution in [3.8, 4) is 5.95 Å². The maximum Gasteiger partial charge on any atom is 0.338 e. The van der Waals surface area contributed by atoms with Crippen molar-refractivity contribution in [1.29, 1.82) is 0 Å². The van der Waals surface area contributed by atoms with Crippen LogP contribution in [-0.4, -0.2) is 30.8 Å². The number of aromatic carboxylic acids is 1. The van der Waals surface area contributed by atoms with E-state index in [-0.39, 0.29) is 17.1 Å². The number of nitrogens with one attached hydrogen (secondary N) is 1. The lowest BCUT2D eigenvalue weighted by molar-refractivity contribution is 0.0697. The van der Waals surface area contributed by atoms with Crippen LogP contribution in [0.4, 0.5) is 0 Å². The van der Waals surface area contributed by atoms with Crippen LogP contribution in [0.2, 0.25) is 5.02 Å². The molecule has 9 heteroatoms. The Morgan fingerprint density at radius 3 is 2.70 bits per heavy atom. The molecule has 0 amide bonds. The number of fused-ring (bicyclic) bond motifs is 1. The van der Waals surface area contributed by atoms with E-state index in [9.17, 15) is 9.59 Å². The van der Waals surface area contributed by atoms with E-state index in [0.717, 1.165) is 9.79 Å². The normalized spacial score (nSPS) is 11.0. The van der Waals surface area contributed by atoms with Gasteiger partial charge in [0.15, 0.2) is 0 Å². The van der Waals surface area contributed by atoms with Crippen LogP contribution in [0, 0.1) is 0 Å². The minimum absolute atomic E-state index is 0.00890. The van der Waals surface area contributed by atoms with Gasteiger partial charge in [-0.3, -0.25) is 9.78 Å². The molecule has 134 valence electrons. The molecule has 2 N–H and O–H groups in total. The summed E-state index contributed by atoms with van der Waals surface area (Å²) >= 11 is 7.83. The fraction of sp³-hybridized carbons (Fsp3) is 0. The van der Waals surface area contributed by atoms with E-state index in [1.54, 1.807) is 12.1 Å². The highest BCUT2D eigenvalue weighted by molar-refractivity contribution is 7.99. The molecular weight excluding hydrogens is 388 g/mol. The third-order valence-electron chi connectivity index (χ3n) is 3.76. The van der Waals surface area contributed by atoms with Gasteiger partial charge in [-0.15, -0.1) is 0 Å². The molecule has 0 aliphatic carbocycles. The standard InChI is InChI=1S/C18H11ClN4O3S/c19-13-7-14-12(6-15(13)27-11-4-2-1-3-5-11)16(24)22-18(21-14)23-9-10(8-20-23)17(25)26/h1-9H,(H,25,26)(H,21,22,24). The molecule has 0 bridgehead atoms. The highest BCUT2D eigenvalue weighted by Crippen LogP contribution is 2.35. The Morgan fingerprint density at radius 2 is 2.00 bits per heavy atom. The maximum atomic E-state index is 12.5. The first kappa shape index (κ1) is 17.3. The first-order valence-corrected chi connectivity index (χ1v) is 8.95. The predicted octanol–water partition coefficient (Wildman–Crippen LogP) is 3.61. The van der Waals surface area contributed by atoms with E-state index in [2.05, 4.69) is 15.1 Å². The number of nitrogens with zero attached hydrogens (tertiary/aromatic N) is 3. The second-order valence-electron chi connectivity index (χ2n) is 5.58. The highest BCUT2D eigenvalue weighted by atomic mass is 35.5. The van der Waals surface area contributed by atoms with Crippen molar-refractivity contribution in [3.63, 3.8) is 0 Å². The number of hydrogen-bond donors (Lipinski definition) is 2. The molecule has 2 heterocycles. The van der Waals surface area contributed by atoms with Gasteiger partial charge in [0.05, 0.1) is 27.7 Å². The van der Waals surface area contributed by atoms with Crippen LogP contribution in [0.3, 0.4) is 0 Å². The Labute approximate surface area is 161 Å². The van der Waals surface area contributed by atoms with Crippen LogP contribution in [0.1, 0.15) is 10.4 Å². The number of carbonyl (C=O) groups is 1. The number of rotatable bonds is 4. The molecule has 2 aromatic carbocycles. The zero-order chi connectivity index (χ0) is 19.0. The average molecular weight is 399 g/mol. The molecule has 4 rings (SSSR count). The summed E-state index contributed by atoms with van der Waals surface area (Å²) in [5.41, 5.74) is 0.0166. The number of H-pyrrole nitrogens is 1. The van der Waals surface area contributed by atoms with Gasteiger partial charge >= 0.3 is 5.97 Å². The lowest BCUT2D eigenvalue weighted by Crippen LogP contribution is -2.14. The topological polar surface area (TPSA) is 101 Å². The molecule has 0 saturated heterocycles. The smallest absolute Gasteiger partial charge is 0.338 e. The van der Waals surface area contributed by atoms with Crippen molar-refractivity contribution in [2.24, 2.45) is 0 Å². The Bertz CT molecular complexity index is 1220. The van der Waals surface area contributed by atoms with Gasteiger partial charge in [0, 0.05) is 16.0 Å². The molecule has 0 atom stereocenters. The second kappa shape index (κ2) is 6.90. The summed E-state index contributed by atoms with van der Waals surface area (Å²) in [7, 11) is 0. The summed E-state index contributed by atoms with van der Waals surface area (Å²) in [4.78, 5) is 32.2. The lowest BCUT2D eigenvalue weighted by atomic mass is 10.2. The Balaban J connectivity index is 1.78. The number of halogens is 1. The van der Waals surface area contributed by atoms with E-state index in [4.69, 9.17) is 16.7 Å². The minimum atomic E-state index is -1.12. The van der Waals surface area contributed by atoms with E-state index in [1.807, 2.05) is 30.3 Å². The van der Waals surface area contributed by atoms with Crippen molar-refractivity contribution in [2.75, 3.05) is 0 Å². The van der Waals surface area contributed by atoms with Crippen LogP contribution >= 0.6 is 23.4 Å². The zero-order valence-corrected chi connectivity index (χ0v) is 15.2. The van der Waals surface area contributed by atoms with Crippen LogP contribution in [0.5, 0.6) is 0 Å². The van der Waals surface area contributed by atoms with Crippen LogP contribution in [0.15, 0.2) is 69.4 Å². The van der Waals surface area contributed by atoms with Gasteiger partial charge < -0.3 is 5.11 Å². The quantitative estimate of drug-likeness (QED) is 0.544. The molecule has 27 heavy (non-hydrogen) atoms. The van der Waals surface area contributed by atoms with Crippen molar-refractivity contribution in [1.82, 2.24) is 19.7 Å². The molecule has 0 aliphatic rings. The summed E-state index contributed by atoms with van der Waals surface area (Å²) in [6, 6.07) is 13.0. The van der Waals surface area contributed by atoms with Gasteiger partial charge in [0.2, 0.25) is 5.95 Å². The van der Waals surface area contributed by atoms with E-state index < -0.39 is 5.97 Å². The second-order valence-corrected chi connectivity index (χ2v) is 7.11. The summed E-state index contributed by atoms with van der Waals surface area (Å²) in [5.74, 6) is -1.01. The van der Waals surface area contributed by atoms with E-state index in [1.165, 1.54) is 28.8 Å². The molecule has 0 unspecified atom stereocenters. The summed E-state index contributed by atoms with van der Waals surface area (Å²) in [6.07, 6.45) is 2.45. The molecule has 0 aliphatic heterocycles. The van der Waals surface area contributed by atoms with Gasteiger partial charge in [-0.1, -0.05) is 41.6 Å². The number of aromatic amines is 1. The Hall–Kier alpha value is -3.10. The fourth-order valence-electron chi connectivity index (χ4n) is 2.48. The molecule has 0 spiro atoms. The minimum Gasteiger partial charge on any atom is -0.478 e. The van der Waals surface area contributed by atoms with Gasteiger partial charge in [0.25, 0.3) is 5.56 Å². The summed E-state index contributed by atoms with van der Waals surface area (Å²) in [5, 5.41) is 13.8. The van der Waals surface area contributed by atoms with Crippen LogP contribution < -0.4 is 5.56 Å². The van der Waals surface area contributed by atoms with Gasteiger partial charge in [-0.25, -0.2) is 14.5 Å². The van der Waals surface area contributed by atoms with Crippen LogP contribution in [-0.2, 0) is 0 Å². The number of hydrogen-bond acceptors (Lipinski definition) is 5. The number of benzene rings is 2. The number of carboxylic acids is 1. The Morgan fingerprint density at radius 1 is 1.22 bits per heavy atom. The van der Waals surface area contributed by atoms with Gasteiger partial charge in [-0.2, -0.15) is 5.10 Å². The predicted molar refractivity (Wildman–Crippen MR) is 102 cm³/mol. The first-order chi connectivity index (χ1) is 13.0. The monoisotopic (exact) mass is 398 g/mol. The number of aromatic nitrogens is 4. The molecular formula is C18H11ClN4O3S. The Kier molecular flexibility index (Phi) is 4.43. The molecule has 0 radical (unpaired) electrons. The SMILES string of the molecule is O=C(O)c1cnn(-c2nc3cc(Cl)c(Sc4ccccc4)cc3c(=O)[nH]2)c1. The molecule has 7 nitrogen and oxygen atoms in total. The van der Waals surface area contributed by atoms with Crippen molar-refractivity contribution < 1.29 is 9.90 Å². The molecule has 0 fully saturated rings. The average Bonchev–Trinajstić information content (AvgIpc) is 3.14. The van der Waals surface area contributed by atoms with Crippen molar-refractivity contribution >= 4 is 40.2 Å². The third-order valence-corrected chi connectivity index (χ3v) is 5.25. The summed E-state index contributed by atoms with van der Waals surface area (Å²) in [6.45, 7) is 0. The summed E-state index contributed by atoms with van der Waals surface area (Å²) < 4.78 is 1.20. The first-order valence-electron chi connectivity index (χ1n) is 7.76. The fourth-order valence-corrected chi connectivity index (χ4v) is 3.63. The number of carboxylic acid groups (broad SMARTS) is 1. The largest absolute Gasteiger partial charge is 0.478 e. The van der Waals surface area contributed by atoms with Crippen LogP contribution in [0.25, 0.3) is 16.9 Å². The van der Waals surface area contributed by atoms with E-state index >= 15 is 0 Å². The van der Waals surface area contributed by atoms with E-state index in [0.29, 0.717) is 15.9 Å². The van der Waals surface area contributed by atoms with Gasteiger partial charge in [0.1, 0.15) is 0 Å².